The summed E-state index contributed by atoms with van der Waals surface area (Å²) in [7, 11) is 1.21. The van der Waals surface area contributed by atoms with E-state index < -0.39 is 18.2 Å². The van der Waals surface area contributed by atoms with Crippen molar-refractivity contribution in [3.8, 4) is 0 Å². The average molecular weight is 246 g/mol. The fourth-order valence-electron chi connectivity index (χ4n) is 1.18. The van der Waals surface area contributed by atoms with E-state index in [1.807, 2.05) is 0 Å². The lowest BCUT2D eigenvalue weighted by molar-refractivity contribution is -0.144. The Morgan fingerprint density at radius 3 is 2.88 bits per heavy atom. The number of hydrogen-bond acceptors (Lipinski definition) is 5. The highest BCUT2D eigenvalue weighted by molar-refractivity contribution is 6.31. The van der Waals surface area contributed by atoms with Crippen LogP contribution >= 0.6 is 11.6 Å². The molecule has 0 aliphatic rings. The van der Waals surface area contributed by atoms with Gasteiger partial charge in [-0.25, -0.2) is 0 Å². The SMILES string of the molecule is COC(=O)CC(O)C(O)c1cnccc1Cl. The molecule has 5 nitrogen and oxygen atoms in total. The number of esters is 1. The van der Waals surface area contributed by atoms with Gasteiger partial charge in [0.25, 0.3) is 0 Å². The maximum atomic E-state index is 10.9. The van der Waals surface area contributed by atoms with E-state index in [4.69, 9.17) is 11.6 Å². The molecule has 1 aromatic rings. The molecule has 2 atom stereocenters. The standard InChI is InChI=1S/C10H12ClNO4/c1-16-9(14)4-8(13)10(15)6-5-12-3-2-7(6)11/h2-3,5,8,10,13,15H,4H2,1H3. The van der Waals surface area contributed by atoms with Crippen LogP contribution in [0.15, 0.2) is 18.5 Å². The fraction of sp³-hybridized carbons (Fsp3) is 0.400. The minimum absolute atomic E-state index is 0.278. The van der Waals surface area contributed by atoms with Crippen LogP contribution in [0.1, 0.15) is 18.1 Å². The summed E-state index contributed by atoms with van der Waals surface area (Å²) in [6.45, 7) is 0. The van der Waals surface area contributed by atoms with Gasteiger partial charge < -0.3 is 14.9 Å². The van der Waals surface area contributed by atoms with E-state index in [1.54, 1.807) is 0 Å². The van der Waals surface area contributed by atoms with Crippen molar-refractivity contribution in [2.24, 2.45) is 0 Å². The second-order valence-electron chi connectivity index (χ2n) is 3.19. The van der Waals surface area contributed by atoms with E-state index in [0.717, 1.165) is 0 Å². The quantitative estimate of drug-likeness (QED) is 0.763. The van der Waals surface area contributed by atoms with Gasteiger partial charge in [0.2, 0.25) is 0 Å². The molecule has 0 saturated carbocycles. The molecule has 0 aliphatic heterocycles. The van der Waals surface area contributed by atoms with Crippen LogP contribution < -0.4 is 0 Å². The number of ether oxygens (including phenoxy) is 1. The normalized spacial score (nSPS) is 14.2. The van der Waals surface area contributed by atoms with Crippen LogP contribution in [0.25, 0.3) is 0 Å². The summed E-state index contributed by atoms with van der Waals surface area (Å²) in [6.07, 6.45) is -0.0313. The molecule has 0 radical (unpaired) electrons. The van der Waals surface area contributed by atoms with Crippen LogP contribution in [-0.2, 0) is 9.53 Å². The van der Waals surface area contributed by atoms with Crippen molar-refractivity contribution < 1.29 is 19.7 Å². The molecule has 1 rings (SSSR count). The Morgan fingerprint density at radius 1 is 1.62 bits per heavy atom. The average Bonchev–Trinajstić information content (AvgIpc) is 2.28. The van der Waals surface area contributed by atoms with Gasteiger partial charge in [0.1, 0.15) is 6.10 Å². The summed E-state index contributed by atoms with van der Waals surface area (Å²) in [4.78, 5) is 14.7. The van der Waals surface area contributed by atoms with Crippen LogP contribution in [-0.4, -0.2) is 34.4 Å². The molecule has 1 aromatic heterocycles. The first-order valence-electron chi connectivity index (χ1n) is 4.58. The lowest BCUT2D eigenvalue weighted by atomic mass is 10.0. The van der Waals surface area contributed by atoms with Crippen LogP contribution in [0.5, 0.6) is 0 Å². The van der Waals surface area contributed by atoms with Gasteiger partial charge in [0.05, 0.1) is 19.6 Å². The van der Waals surface area contributed by atoms with Crippen LogP contribution in [0.2, 0.25) is 5.02 Å². The Hall–Kier alpha value is -1.17. The Balaban J connectivity index is 2.74. The van der Waals surface area contributed by atoms with Gasteiger partial charge in [-0.3, -0.25) is 9.78 Å². The number of carbonyl (C=O) groups is 1. The monoisotopic (exact) mass is 245 g/mol. The number of rotatable bonds is 4. The molecule has 0 aromatic carbocycles. The molecular weight excluding hydrogens is 234 g/mol. The number of aliphatic hydroxyl groups is 2. The topological polar surface area (TPSA) is 79.7 Å². The number of aliphatic hydroxyl groups excluding tert-OH is 2. The highest BCUT2D eigenvalue weighted by Gasteiger charge is 2.23. The first-order valence-corrected chi connectivity index (χ1v) is 4.96. The molecule has 0 saturated heterocycles. The van der Waals surface area contributed by atoms with E-state index in [2.05, 4.69) is 9.72 Å². The summed E-state index contributed by atoms with van der Waals surface area (Å²) in [5, 5.41) is 19.6. The molecule has 0 fully saturated rings. The lowest BCUT2D eigenvalue weighted by Crippen LogP contribution is -2.22. The minimum atomic E-state index is -1.27. The van der Waals surface area contributed by atoms with Gasteiger partial charge in [0.15, 0.2) is 0 Å². The molecule has 0 bridgehead atoms. The molecule has 0 amide bonds. The molecule has 16 heavy (non-hydrogen) atoms. The number of aromatic nitrogens is 1. The maximum Gasteiger partial charge on any atom is 0.308 e. The lowest BCUT2D eigenvalue weighted by Gasteiger charge is -2.17. The predicted octanol–water partition coefficient (Wildman–Crippen LogP) is 0.692. The van der Waals surface area contributed by atoms with Crippen molar-refractivity contribution >= 4 is 17.6 Å². The number of methoxy groups -OCH3 is 1. The summed E-state index contributed by atoms with van der Waals surface area (Å²) in [5.74, 6) is -0.605. The smallest absolute Gasteiger partial charge is 0.308 e. The molecular formula is C10H12ClNO4. The summed E-state index contributed by atoms with van der Waals surface area (Å²) < 4.78 is 4.38. The van der Waals surface area contributed by atoms with Crippen molar-refractivity contribution in [1.29, 1.82) is 0 Å². The van der Waals surface area contributed by atoms with Crippen molar-refractivity contribution in [3.05, 3.63) is 29.0 Å². The predicted molar refractivity (Wildman–Crippen MR) is 56.8 cm³/mol. The van der Waals surface area contributed by atoms with Crippen molar-refractivity contribution in [1.82, 2.24) is 4.98 Å². The Labute approximate surface area is 97.6 Å². The van der Waals surface area contributed by atoms with Crippen LogP contribution in [0.3, 0.4) is 0 Å². The summed E-state index contributed by atoms with van der Waals surface area (Å²) in [6, 6.07) is 1.49. The van der Waals surface area contributed by atoms with Gasteiger partial charge in [-0.2, -0.15) is 0 Å². The zero-order valence-corrected chi connectivity index (χ0v) is 9.39. The number of halogens is 1. The largest absolute Gasteiger partial charge is 0.469 e. The first kappa shape index (κ1) is 12.9. The van der Waals surface area contributed by atoms with Gasteiger partial charge in [-0.1, -0.05) is 11.6 Å². The third-order valence-corrected chi connectivity index (χ3v) is 2.43. The molecule has 0 aliphatic carbocycles. The van der Waals surface area contributed by atoms with E-state index in [9.17, 15) is 15.0 Å². The zero-order valence-electron chi connectivity index (χ0n) is 8.63. The molecule has 1 heterocycles. The zero-order chi connectivity index (χ0) is 12.1. The fourth-order valence-corrected chi connectivity index (χ4v) is 1.40. The Morgan fingerprint density at radius 2 is 2.31 bits per heavy atom. The van der Waals surface area contributed by atoms with Gasteiger partial charge >= 0.3 is 5.97 Å². The summed E-state index contributed by atoms with van der Waals surface area (Å²) in [5.41, 5.74) is 0.278. The van der Waals surface area contributed by atoms with Gasteiger partial charge in [-0.15, -0.1) is 0 Å². The maximum absolute atomic E-state index is 10.9. The minimum Gasteiger partial charge on any atom is -0.469 e. The Kier molecular flexibility index (Phi) is 4.67. The number of pyridine rings is 1. The highest BCUT2D eigenvalue weighted by atomic mass is 35.5. The van der Waals surface area contributed by atoms with Crippen LogP contribution in [0.4, 0.5) is 0 Å². The number of nitrogens with zero attached hydrogens (tertiary/aromatic N) is 1. The number of carbonyl (C=O) groups excluding carboxylic acids is 1. The third kappa shape index (κ3) is 3.16. The second kappa shape index (κ2) is 5.79. The third-order valence-electron chi connectivity index (χ3n) is 2.08. The summed E-state index contributed by atoms with van der Waals surface area (Å²) >= 11 is 5.81. The molecule has 2 N–H and O–H groups in total. The van der Waals surface area contributed by atoms with Crippen molar-refractivity contribution in [3.63, 3.8) is 0 Å². The van der Waals surface area contributed by atoms with Crippen molar-refractivity contribution in [2.45, 2.75) is 18.6 Å². The molecule has 2 unspecified atom stereocenters. The molecule has 88 valence electrons. The molecule has 6 heteroatoms. The van der Waals surface area contributed by atoms with E-state index >= 15 is 0 Å². The van der Waals surface area contributed by atoms with Crippen LogP contribution in [0, 0.1) is 0 Å². The van der Waals surface area contributed by atoms with E-state index in [-0.39, 0.29) is 17.0 Å². The number of hydrogen-bond donors (Lipinski definition) is 2. The Bertz CT molecular complexity index is 372. The van der Waals surface area contributed by atoms with Crippen molar-refractivity contribution in [2.75, 3.05) is 7.11 Å². The van der Waals surface area contributed by atoms with Gasteiger partial charge in [0, 0.05) is 23.0 Å². The van der Waals surface area contributed by atoms with E-state index in [0.29, 0.717) is 0 Å². The first-order chi connectivity index (χ1) is 7.56. The van der Waals surface area contributed by atoms with Gasteiger partial charge in [-0.05, 0) is 6.07 Å². The molecule has 0 spiro atoms. The highest BCUT2D eigenvalue weighted by Crippen LogP contribution is 2.25. The van der Waals surface area contributed by atoms with E-state index in [1.165, 1.54) is 25.6 Å². The second-order valence-corrected chi connectivity index (χ2v) is 3.60.